The van der Waals surface area contributed by atoms with Gasteiger partial charge in [0.25, 0.3) is 0 Å². The maximum atomic E-state index is 5.60. The highest BCUT2D eigenvalue weighted by molar-refractivity contribution is 9.11. The molecular formula is C10H20BrO3P. The van der Waals surface area contributed by atoms with Crippen molar-refractivity contribution in [3.63, 3.8) is 0 Å². The fourth-order valence-corrected chi connectivity index (χ4v) is 3.40. The first kappa shape index (κ1) is 15.4. The largest absolute Gasteiger partial charge is 0.489 e. The zero-order valence-corrected chi connectivity index (χ0v) is 12.5. The van der Waals surface area contributed by atoms with Gasteiger partial charge >= 0.3 is 0 Å². The number of ether oxygens (including phenoxy) is 1. The van der Waals surface area contributed by atoms with Crippen LogP contribution in [0.3, 0.4) is 0 Å². The summed E-state index contributed by atoms with van der Waals surface area (Å²) in [7, 11) is 0.636. The van der Waals surface area contributed by atoms with E-state index in [1.165, 1.54) is 0 Å². The molecule has 0 heterocycles. The van der Waals surface area contributed by atoms with E-state index in [1.807, 2.05) is 13.8 Å². The van der Waals surface area contributed by atoms with E-state index in [4.69, 9.17) is 13.8 Å². The van der Waals surface area contributed by atoms with Crippen LogP contribution < -0.4 is 0 Å². The topological polar surface area (TPSA) is 27.7 Å². The Morgan fingerprint density at radius 2 is 1.67 bits per heavy atom. The molecule has 0 aromatic heterocycles. The standard InChI is InChI=1S/C10H20BrO3P/c1-6-13-15(14-7-2)9(8(3)4)10(11)12-5/h8H,6-7H2,1-5H3/b10-9+. The molecule has 5 heteroatoms. The van der Waals surface area contributed by atoms with Gasteiger partial charge in [0, 0.05) is 0 Å². The summed E-state index contributed by atoms with van der Waals surface area (Å²) in [5.41, 5.74) is 0. The van der Waals surface area contributed by atoms with E-state index in [9.17, 15) is 0 Å². The molecule has 0 radical (unpaired) electrons. The lowest BCUT2D eigenvalue weighted by Gasteiger charge is -2.22. The fourth-order valence-electron chi connectivity index (χ4n) is 1.02. The molecule has 0 amide bonds. The van der Waals surface area contributed by atoms with Gasteiger partial charge in [0.15, 0.2) is 4.67 Å². The van der Waals surface area contributed by atoms with Crippen molar-refractivity contribution in [3.8, 4) is 0 Å². The highest BCUT2D eigenvalue weighted by atomic mass is 79.9. The van der Waals surface area contributed by atoms with Crippen LogP contribution in [0.2, 0.25) is 0 Å². The first-order chi connectivity index (χ1) is 7.08. The van der Waals surface area contributed by atoms with Crippen LogP contribution in [0.15, 0.2) is 9.98 Å². The summed E-state index contributed by atoms with van der Waals surface area (Å²) in [6.07, 6.45) is 0. The van der Waals surface area contributed by atoms with Crippen molar-refractivity contribution in [3.05, 3.63) is 9.98 Å². The number of halogens is 1. The van der Waals surface area contributed by atoms with Crippen LogP contribution in [-0.2, 0) is 13.8 Å². The normalized spacial score (nSPS) is 13.3. The van der Waals surface area contributed by atoms with Crippen molar-refractivity contribution < 1.29 is 13.8 Å². The van der Waals surface area contributed by atoms with Gasteiger partial charge < -0.3 is 13.8 Å². The van der Waals surface area contributed by atoms with E-state index in [1.54, 1.807) is 7.11 Å². The molecule has 90 valence electrons. The minimum atomic E-state index is -1.00. The minimum Gasteiger partial charge on any atom is -0.489 e. The van der Waals surface area contributed by atoms with Crippen LogP contribution in [0.25, 0.3) is 0 Å². The lowest BCUT2D eigenvalue weighted by atomic mass is 10.2. The Bertz CT molecular complexity index is 201. The van der Waals surface area contributed by atoms with Gasteiger partial charge in [-0.1, -0.05) is 13.8 Å². The Morgan fingerprint density at radius 3 is 1.93 bits per heavy atom. The SMILES string of the molecule is CCOP(OCC)/C(=C(\Br)OC)C(C)C. The molecule has 0 N–H and O–H groups in total. The van der Waals surface area contributed by atoms with Gasteiger partial charge in [0.2, 0.25) is 8.38 Å². The van der Waals surface area contributed by atoms with Crippen molar-refractivity contribution in [1.82, 2.24) is 0 Å². The van der Waals surface area contributed by atoms with Crippen LogP contribution in [-0.4, -0.2) is 20.3 Å². The van der Waals surface area contributed by atoms with Gasteiger partial charge in [-0.25, -0.2) is 0 Å². The number of methoxy groups -OCH3 is 1. The molecule has 15 heavy (non-hydrogen) atoms. The summed E-state index contributed by atoms with van der Waals surface area (Å²) in [6, 6.07) is 0. The molecule has 0 rings (SSSR count). The predicted molar refractivity (Wildman–Crippen MR) is 68.0 cm³/mol. The fraction of sp³-hybridized carbons (Fsp3) is 0.800. The molecule has 0 atom stereocenters. The van der Waals surface area contributed by atoms with Crippen LogP contribution in [0.5, 0.6) is 0 Å². The zero-order chi connectivity index (χ0) is 11.8. The third-order valence-corrected chi connectivity index (χ3v) is 4.77. The summed E-state index contributed by atoms with van der Waals surface area (Å²) in [6.45, 7) is 9.42. The smallest absolute Gasteiger partial charge is 0.205 e. The van der Waals surface area contributed by atoms with E-state index < -0.39 is 8.38 Å². The first-order valence-electron chi connectivity index (χ1n) is 5.08. The average molecular weight is 299 g/mol. The molecule has 0 fully saturated rings. The monoisotopic (exact) mass is 298 g/mol. The molecule has 0 aromatic rings. The molecule has 0 saturated heterocycles. The number of rotatable bonds is 7. The molecule has 0 saturated carbocycles. The second kappa shape index (κ2) is 8.51. The van der Waals surface area contributed by atoms with Crippen LogP contribution in [0.1, 0.15) is 27.7 Å². The Labute approximate surface area is 102 Å². The maximum Gasteiger partial charge on any atom is 0.205 e. The average Bonchev–Trinajstić information content (AvgIpc) is 2.18. The van der Waals surface area contributed by atoms with E-state index in [0.29, 0.717) is 19.1 Å². The molecule has 0 aliphatic heterocycles. The molecule has 0 unspecified atom stereocenters. The van der Waals surface area contributed by atoms with Crippen molar-refractivity contribution in [1.29, 1.82) is 0 Å². The van der Waals surface area contributed by atoms with Crippen LogP contribution in [0.4, 0.5) is 0 Å². The van der Waals surface area contributed by atoms with E-state index in [0.717, 1.165) is 9.98 Å². The molecular weight excluding hydrogens is 279 g/mol. The third kappa shape index (κ3) is 5.30. The lowest BCUT2D eigenvalue weighted by molar-refractivity contribution is 0.267. The third-order valence-electron chi connectivity index (χ3n) is 1.62. The highest BCUT2D eigenvalue weighted by Gasteiger charge is 2.23. The summed E-state index contributed by atoms with van der Waals surface area (Å²) in [5.74, 6) is 0.337. The Kier molecular flexibility index (Phi) is 8.72. The summed E-state index contributed by atoms with van der Waals surface area (Å²) in [5, 5.41) is 1.07. The first-order valence-corrected chi connectivity index (χ1v) is 7.05. The van der Waals surface area contributed by atoms with Gasteiger partial charge in [-0.15, -0.1) is 0 Å². The summed E-state index contributed by atoms with van der Waals surface area (Å²) >= 11 is 3.40. The quantitative estimate of drug-likeness (QED) is 0.520. The summed E-state index contributed by atoms with van der Waals surface area (Å²) < 4.78 is 17.1. The lowest BCUT2D eigenvalue weighted by Crippen LogP contribution is -2.02. The van der Waals surface area contributed by atoms with Gasteiger partial charge in [-0.05, 0) is 35.7 Å². The van der Waals surface area contributed by atoms with Gasteiger partial charge in [0.05, 0.1) is 25.6 Å². The van der Waals surface area contributed by atoms with E-state index in [2.05, 4.69) is 29.8 Å². The number of hydrogen-bond acceptors (Lipinski definition) is 3. The minimum absolute atomic E-state index is 0.337. The molecule has 0 aliphatic carbocycles. The van der Waals surface area contributed by atoms with E-state index in [-0.39, 0.29) is 0 Å². The maximum absolute atomic E-state index is 5.60. The number of allylic oxidation sites excluding steroid dienone is 1. The van der Waals surface area contributed by atoms with Crippen molar-refractivity contribution >= 4 is 24.3 Å². The molecule has 0 spiro atoms. The predicted octanol–water partition coefficient (Wildman–Crippen LogP) is 4.24. The Morgan fingerprint density at radius 1 is 1.20 bits per heavy atom. The Hall–Kier alpha value is 0.370. The van der Waals surface area contributed by atoms with Crippen LogP contribution in [0, 0.1) is 5.92 Å². The molecule has 0 bridgehead atoms. The van der Waals surface area contributed by atoms with Crippen molar-refractivity contribution in [2.75, 3.05) is 20.3 Å². The van der Waals surface area contributed by atoms with Crippen molar-refractivity contribution in [2.24, 2.45) is 5.92 Å². The second-order valence-electron chi connectivity index (χ2n) is 3.11. The second-order valence-corrected chi connectivity index (χ2v) is 5.34. The Balaban J connectivity index is 4.83. The van der Waals surface area contributed by atoms with Gasteiger partial charge in [-0.3, -0.25) is 0 Å². The molecule has 0 aliphatic rings. The number of hydrogen-bond donors (Lipinski definition) is 0. The molecule has 3 nitrogen and oxygen atoms in total. The highest BCUT2D eigenvalue weighted by Crippen LogP contribution is 2.52. The van der Waals surface area contributed by atoms with E-state index >= 15 is 0 Å². The zero-order valence-electron chi connectivity index (χ0n) is 10.0. The van der Waals surface area contributed by atoms with Crippen LogP contribution >= 0.6 is 24.3 Å². The molecule has 0 aromatic carbocycles. The summed E-state index contributed by atoms with van der Waals surface area (Å²) in [4.78, 5) is 0. The van der Waals surface area contributed by atoms with Gasteiger partial charge in [0.1, 0.15) is 0 Å². The van der Waals surface area contributed by atoms with Crippen molar-refractivity contribution in [2.45, 2.75) is 27.7 Å². The van der Waals surface area contributed by atoms with Gasteiger partial charge in [-0.2, -0.15) is 0 Å².